The molecule has 4 nitrogen and oxygen atoms in total. The number of carbonyl (C=O) groups excluding carboxylic acids is 1. The molecule has 2 heterocycles. The topological polar surface area (TPSA) is 46.3 Å². The van der Waals surface area contributed by atoms with Crippen LogP contribution >= 0.6 is 23.2 Å². The minimum Gasteiger partial charge on any atom is -0.360 e. The van der Waals surface area contributed by atoms with Crippen molar-refractivity contribution in [1.29, 1.82) is 0 Å². The van der Waals surface area contributed by atoms with Gasteiger partial charge in [0.15, 0.2) is 0 Å². The smallest absolute Gasteiger partial charge is 0.259 e. The number of aromatic nitrogens is 1. The van der Waals surface area contributed by atoms with Crippen LogP contribution < -0.4 is 0 Å². The molecular weight excluding hydrogens is 395 g/mol. The van der Waals surface area contributed by atoms with Gasteiger partial charge in [-0.05, 0) is 43.4 Å². The van der Waals surface area contributed by atoms with Crippen molar-refractivity contribution in [3.63, 3.8) is 0 Å². The molecule has 0 radical (unpaired) electrons. The summed E-state index contributed by atoms with van der Waals surface area (Å²) in [5.41, 5.74) is 2.71. The highest BCUT2D eigenvalue weighted by atomic mass is 35.5. The van der Waals surface area contributed by atoms with Crippen LogP contribution in [0, 0.1) is 6.92 Å². The van der Waals surface area contributed by atoms with Crippen molar-refractivity contribution in [1.82, 2.24) is 10.1 Å². The Hall–Kier alpha value is -2.30. The van der Waals surface area contributed by atoms with Crippen LogP contribution in [0.15, 0.2) is 53.1 Å². The van der Waals surface area contributed by atoms with Crippen molar-refractivity contribution in [3.05, 3.63) is 75.5 Å². The zero-order valence-electron chi connectivity index (χ0n) is 15.5. The summed E-state index contributed by atoms with van der Waals surface area (Å²) in [6.07, 6.45) is 1.87. The second-order valence-electron chi connectivity index (χ2n) is 7.04. The Morgan fingerprint density at radius 3 is 2.32 bits per heavy atom. The number of benzene rings is 2. The molecule has 1 aliphatic rings. The molecule has 0 aliphatic carbocycles. The predicted molar refractivity (Wildman–Crippen MR) is 111 cm³/mol. The molecule has 0 atom stereocenters. The molecule has 0 saturated carbocycles. The first-order valence-corrected chi connectivity index (χ1v) is 10.1. The van der Waals surface area contributed by atoms with E-state index >= 15 is 0 Å². The zero-order chi connectivity index (χ0) is 19.7. The lowest BCUT2D eigenvalue weighted by molar-refractivity contribution is 0.0712. The molecule has 2 aromatic carbocycles. The monoisotopic (exact) mass is 414 g/mol. The van der Waals surface area contributed by atoms with E-state index in [1.54, 1.807) is 25.1 Å². The van der Waals surface area contributed by atoms with E-state index in [-0.39, 0.29) is 5.91 Å². The summed E-state index contributed by atoms with van der Waals surface area (Å²) in [5, 5.41) is 4.98. The largest absolute Gasteiger partial charge is 0.360 e. The Labute approximate surface area is 174 Å². The molecule has 6 heteroatoms. The van der Waals surface area contributed by atoms with Crippen molar-refractivity contribution in [3.8, 4) is 11.3 Å². The molecule has 0 N–H and O–H groups in total. The quantitative estimate of drug-likeness (QED) is 0.529. The number of piperidine rings is 1. The fourth-order valence-corrected chi connectivity index (χ4v) is 4.39. The van der Waals surface area contributed by atoms with E-state index in [2.05, 4.69) is 29.4 Å². The van der Waals surface area contributed by atoms with Gasteiger partial charge in [-0.15, -0.1) is 0 Å². The van der Waals surface area contributed by atoms with Gasteiger partial charge < -0.3 is 9.42 Å². The molecule has 0 unspecified atom stereocenters. The summed E-state index contributed by atoms with van der Waals surface area (Å²) in [4.78, 5) is 15.1. The molecule has 1 fully saturated rings. The molecule has 4 rings (SSSR count). The Kier molecular flexibility index (Phi) is 5.42. The fourth-order valence-electron chi connectivity index (χ4n) is 3.82. The van der Waals surface area contributed by atoms with Gasteiger partial charge in [0.2, 0.25) is 0 Å². The molecule has 144 valence electrons. The van der Waals surface area contributed by atoms with Gasteiger partial charge in [0.1, 0.15) is 17.0 Å². The number of nitrogens with zero attached hydrogens (tertiary/aromatic N) is 2. The van der Waals surface area contributed by atoms with Crippen LogP contribution in [-0.2, 0) is 0 Å². The summed E-state index contributed by atoms with van der Waals surface area (Å²) >= 11 is 12.7. The number of aryl methyl sites for hydroxylation is 1. The average molecular weight is 415 g/mol. The highest BCUT2D eigenvalue weighted by molar-refractivity contribution is 6.39. The third-order valence-corrected chi connectivity index (χ3v) is 5.96. The molecule has 1 aliphatic heterocycles. The molecule has 3 aromatic rings. The number of amides is 1. The third-order valence-electron chi connectivity index (χ3n) is 5.33. The summed E-state index contributed by atoms with van der Waals surface area (Å²) in [7, 11) is 0. The molecule has 0 bridgehead atoms. The number of halogens is 2. The number of likely N-dealkylation sites (tertiary alicyclic amines) is 1. The molecule has 1 amide bonds. The normalized spacial score (nSPS) is 15.0. The van der Waals surface area contributed by atoms with Gasteiger partial charge in [0, 0.05) is 18.7 Å². The highest BCUT2D eigenvalue weighted by Crippen LogP contribution is 2.38. The molecule has 1 aromatic heterocycles. The Bertz CT molecular complexity index is 973. The lowest BCUT2D eigenvalue weighted by Crippen LogP contribution is -2.38. The first-order chi connectivity index (χ1) is 13.6. The van der Waals surface area contributed by atoms with Crippen molar-refractivity contribution >= 4 is 29.1 Å². The number of hydrogen-bond donors (Lipinski definition) is 0. The Balaban J connectivity index is 1.58. The summed E-state index contributed by atoms with van der Waals surface area (Å²) in [5.74, 6) is 0.865. The van der Waals surface area contributed by atoms with Crippen molar-refractivity contribution < 1.29 is 9.32 Å². The predicted octanol–water partition coefficient (Wildman–Crippen LogP) is 5.98. The van der Waals surface area contributed by atoms with E-state index in [4.69, 9.17) is 27.7 Å². The second kappa shape index (κ2) is 7.98. The van der Waals surface area contributed by atoms with Gasteiger partial charge >= 0.3 is 0 Å². The van der Waals surface area contributed by atoms with E-state index in [1.165, 1.54) is 5.56 Å². The highest BCUT2D eigenvalue weighted by Gasteiger charge is 2.30. The van der Waals surface area contributed by atoms with E-state index in [1.807, 2.05) is 11.0 Å². The van der Waals surface area contributed by atoms with E-state index in [9.17, 15) is 4.79 Å². The minimum atomic E-state index is -0.0868. The van der Waals surface area contributed by atoms with Gasteiger partial charge in [-0.25, -0.2) is 0 Å². The van der Waals surface area contributed by atoms with Crippen LogP contribution in [0.1, 0.15) is 40.4 Å². The lowest BCUT2D eigenvalue weighted by atomic mass is 9.89. The number of rotatable bonds is 3. The van der Waals surface area contributed by atoms with Gasteiger partial charge in [-0.2, -0.15) is 0 Å². The molecule has 0 spiro atoms. The summed E-state index contributed by atoms with van der Waals surface area (Å²) in [6.45, 7) is 3.13. The first-order valence-electron chi connectivity index (χ1n) is 9.31. The number of hydrogen-bond acceptors (Lipinski definition) is 3. The average Bonchev–Trinajstić information content (AvgIpc) is 3.09. The van der Waals surface area contributed by atoms with Crippen molar-refractivity contribution in [2.45, 2.75) is 25.7 Å². The molecule has 1 saturated heterocycles. The van der Waals surface area contributed by atoms with Crippen LogP contribution in [0.2, 0.25) is 10.0 Å². The minimum absolute atomic E-state index is 0.0868. The maximum absolute atomic E-state index is 13.3. The third kappa shape index (κ3) is 3.54. The van der Waals surface area contributed by atoms with Crippen LogP contribution in [-0.4, -0.2) is 29.1 Å². The SMILES string of the molecule is Cc1onc(-c2c(Cl)cccc2Cl)c1C(=O)N1CCC(c2ccccc2)CC1. The van der Waals surface area contributed by atoms with Gasteiger partial charge in [-0.3, -0.25) is 4.79 Å². The van der Waals surface area contributed by atoms with E-state index in [0.29, 0.717) is 51.6 Å². The molecule has 28 heavy (non-hydrogen) atoms. The maximum Gasteiger partial charge on any atom is 0.259 e. The van der Waals surface area contributed by atoms with Crippen molar-refractivity contribution in [2.75, 3.05) is 13.1 Å². The summed E-state index contributed by atoms with van der Waals surface area (Å²) in [6, 6.07) is 15.7. The van der Waals surface area contributed by atoms with E-state index in [0.717, 1.165) is 12.8 Å². The maximum atomic E-state index is 13.3. The van der Waals surface area contributed by atoms with Gasteiger partial charge in [-0.1, -0.05) is 64.8 Å². The van der Waals surface area contributed by atoms with Crippen molar-refractivity contribution in [2.24, 2.45) is 0 Å². The van der Waals surface area contributed by atoms with Crippen LogP contribution in [0.3, 0.4) is 0 Å². The van der Waals surface area contributed by atoms with Crippen LogP contribution in [0.4, 0.5) is 0 Å². The Morgan fingerprint density at radius 1 is 1.04 bits per heavy atom. The lowest BCUT2D eigenvalue weighted by Gasteiger charge is -2.32. The standard InChI is InChI=1S/C22H20Cl2N2O2/c1-14-19(21(25-28-14)20-17(23)8-5-9-18(20)24)22(27)26-12-10-16(11-13-26)15-6-3-2-4-7-15/h2-9,16H,10-13H2,1H3. The van der Waals surface area contributed by atoms with Gasteiger partial charge in [0.25, 0.3) is 5.91 Å². The van der Waals surface area contributed by atoms with Crippen LogP contribution in [0.25, 0.3) is 11.3 Å². The Morgan fingerprint density at radius 2 is 1.68 bits per heavy atom. The molecular formula is C22H20Cl2N2O2. The fraction of sp³-hybridized carbons (Fsp3) is 0.273. The van der Waals surface area contributed by atoms with Gasteiger partial charge in [0.05, 0.1) is 10.0 Å². The second-order valence-corrected chi connectivity index (χ2v) is 7.85. The van der Waals surface area contributed by atoms with E-state index < -0.39 is 0 Å². The van der Waals surface area contributed by atoms with Crippen LogP contribution in [0.5, 0.6) is 0 Å². The summed E-state index contributed by atoms with van der Waals surface area (Å²) < 4.78 is 5.35. The zero-order valence-corrected chi connectivity index (χ0v) is 17.0. The first kappa shape index (κ1) is 19.0. The number of carbonyl (C=O) groups is 1.